The van der Waals surface area contributed by atoms with Crippen molar-refractivity contribution in [1.82, 2.24) is 10.2 Å². The molecule has 1 aromatic rings. The van der Waals surface area contributed by atoms with Gasteiger partial charge in [0.15, 0.2) is 0 Å². The lowest BCUT2D eigenvalue weighted by atomic mass is 9.96. The third-order valence-corrected chi connectivity index (χ3v) is 5.47. The molecule has 2 N–H and O–H groups in total. The van der Waals surface area contributed by atoms with Crippen LogP contribution in [0.3, 0.4) is 0 Å². The van der Waals surface area contributed by atoms with Crippen LogP contribution >= 0.6 is 0 Å². The van der Waals surface area contributed by atoms with E-state index in [1.54, 1.807) is 0 Å². The van der Waals surface area contributed by atoms with Crippen LogP contribution < -0.4 is 5.32 Å². The van der Waals surface area contributed by atoms with Crippen molar-refractivity contribution in [3.8, 4) is 0 Å². The maximum Gasteiger partial charge on any atom is 0.223 e. The van der Waals surface area contributed by atoms with Crippen LogP contribution in [-0.4, -0.2) is 40.6 Å². The average Bonchev–Trinajstić information content (AvgIpc) is 2.95. The third kappa shape index (κ3) is 4.81. The Morgan fingerprint density at radius 3 is 2.67 bits per heavy atom. The Bertz CT molecular complexity index is 559. The summed E-state index contributed by atoms with van der Waals surface area (Å²) in [7, 11) is 0. The fraction of sp³-hybridized carbons (Fsp3) is 0.650. The van der Waals surface area contributed by atoms with Crippen LogP contribution in [0.25, 0.3) is 0 Å². The highest BCUT2D eigenvalue weighted by Gasteiger charge is 2.34. The fourth-order valence-electron chi connectivity index (χ4n) is 4.09. The summed E-state index contributed by atoms with van der Waals surface area (Å²) in [6.07, 6.45) is 5.90. The minimum atomic E-state index is -0.740. The van der Waals surface area contributed by atoms with E-state index in [4.69, 9.17) is 0 Å². The molecule has 1 saturated heterocycles. The van der Waals surface area contributed by atoms with Crippen molar-refractivity contribution in [3.63, 3.8) is 0 Å². The Kier molecular flexibility index (Phi) is 5.57. The molecular weight excluding hydrogens is 300 g/mol. The minimum absolute atomic E-state index is 0.0246. The number of nitrogens with zero attached hydrogens (tertiary/aromatic N) is 1. The Morgan fingerprint density at radius 1 is 1.29 bits per heavy atom. The fourth-order valence-corrected chi connectivity index (χ4v) is 4.09. The molecule has 132 valence electrons. The lowest BCUT2D eigenvalue weighted by Gasteiger charge is -2.33. The van der Waals surface area contributed by atoms with Gasteiger partial charge in [-0.25, -0.2) is 0 Å². The number of aliphatic hydroxyl groups is 1. The van der Waals surface area contributed by atoms with Crippen molar-refractivity contribution in [2.24, 2.45) is 0 Å². The maximum absolute atomic E-state index is 12.2. The van der Waals surface area contributed by atoms with Gasteiger partial charge in [0.2, 0.25) is 5.91 Å². The quantitative estimate of drug-likeness (QED) is 0.873. The molecule has 3 rings (SSSR count). The van der Waals surface area contributed by atoms with Gasteiger partial charge in [-0.1, -0.05) is 42.7 Å². The highest BCUT2D eigenvalue weighted by Crippen LogP contribution is 2.32. The van der Waals surface area contributed by atoms with Crippen LogP contribution in [0.2, 0.25) is 0 Å². The number of amides is 1. The summed E-state index contributed by atoms with van der Waals surface area (Å²) in [6, 6.07) is 8.94. The Hall–Kier alpha value is -1.39. The van der Waals surface area contributed by atoms with E-state index >= 15 is 0 Å². The molecule has 1 heterocycles. The van der Waals surface area contributed by atoms with E-state index in [0.29, 0.717) is 0 Å². The standard InChI is InChI=1S/C20H30N2O2/c1-16-5-4-6-17(13-16)15-22-11-7-18(8-12-22)21-19(23)14-20(24)9-2-3-10-20/h4-6,13,18,24H,2-3,7-12,14-15H2,1H3,(H,21,23). The van der Waals surface area contributed by atoms with Gasteiger partial charge in [0.25, 0.3) is 0 Å². The van der Waals surface area contributed by atoms with Crippen LogP contribution in [0.15, 0.2) is 24.3 Å². The van der Waals surface area contributed by atoms with Gasteiger partial charge in [-0.2, -0.15) is 0 Å². The number of likely N-dealkylation sites (tertiary alicyclic amines) is 1. The van der Waals surface area contributed by atoms with E-state index in [0.717, 1.165) is 58.2 Å². The van der Waals surface area contributed by atoms with Gasteiger partial charge in [0, 0.05) is 25.7 Å². The van der Waals surface area contributed by atoms with Gasteiger partial charge < -0.3 is 10.4 Å². The summed E-state index contributed by atoms with van der Waals surface area (Å²) in [4.78, 5) is 14.7. The lowest BCUT2D eigenvalue weighted by Crippen LogP contribution is -2.46. The van der Waals surface area contributed by atoms with Crippen LogP contribution in [0, 0.1) is 6.92 Å². The van der Waals surface area contributed by atoms with Crippen molar-refractivity contribution < 1.29 is 9.90 Å². The van der Waals surface area contributed by atoms with E-state index in [1.165, 1.54) is 11.1 Å². The molecule has 1 aliphatic carbocycles. The van der Waals surface area contributed by atoms with E-state index in [-0.39, 0.29) is 18.4 Å². The Balaban J connectivity index is 1.41. The van der Waals surface area contributed by atoms with Crippen LogP contribution in [-0.2, 0) is 11.3 Å². The first kappa shape index (κ1) is 17.4. The molecule has 1 aromatic carbocycles. The molecular formula is C20H30N2O2. The molecule has 4 nitrogen and oxygen atoms in total. The molecule has 1 amide bonds. The number of carbonyl (C=O) groups is 1. The van der Waals surface area contributed by atoms with Gasteiger partial charge in [-0.05, 0) is 38.2 Å². The van der Waals surface area contributed by atoms with Gasteiger partial charge in [-0.15, -0.1) is 0 Å². The Labute approximate surface area is 145 Å². The smallest absolute Gasteiger partial charge is 0.223 e. The van der Waals surface area contributed by atoms with Crippen molar-refractivity contribution in [2.45, 2.75) is 70.1 Å². The number of aryl methyl sites for hydroxylation is 1. The van der Waals surface area contributed by atoms with Crippen molar-refractivity contribution in [2.75, 3.05) is 13.1 Å². The summed E-state index contributed by atoms with van der Waals surface area (Å²) in [5.74, 6) is 0.0246. The SMILES string of the molecule is Cc1cccc(CN2CCC(NC(=O)CC3(O)CCCC3)CC2)c1. The zero-order valence-electron chi connectivity index (χ0n) is 14.8. The number of rotatable bonds is 5. The van der Waals surface area contributed by atoms with Gasteiger partial charge >= 0.3 is 0 Å². The van der Waals surface area contributed by atoms with E-state index in [2.05, 4.69) is 41.4 Å². The Morgan fingerprint density at radius 2 is 2.00 bits per heavy atom. The molecule has 2 fully saturated rings. The average molecular weight is 330 g/mol. The second-order valence-corrected chi connectivity index (χ2v) is 7.72. The molecule has 0 unspecified atom stereocenters. The largest absolute Gasteiger partial charge is 0.389 e. The molecule has 2 aliphatic rings. The van der Waals surface area contributed by atoms with Crippen LogP contribution in [0.1, 0.15) is 56.1 Å². The molecule has 1 aliphatic heterocycles. The number of nitrogens with one attached hydrogen (secondary N) is 1. The highest BCUT2D eigenvalue weighted by atomic mass is 16.3. The monoisotopic (exact) mass is 330 g/mol. The van der Waals surface area contributed by atoms with E-state index < -0.39 is 5.60 Å². The third-order valence-electron chi connectivity index (χ3n) is 5.47. The predicted molar refractivity (Wildman–Crippen MR) is 95.7 cm³/mol. The molecule has 0 bridgehead atoms. The number of carbonyl (C=O) groups excluding carboxylic acids is 1. The second kappa shape index (κ2) is 7.66. The van der Waals surface area contributed by atoms with Crippen LogP contribution in [0.4, 0.5) is 0 Å². The van der Waals surface area contributed by atoms with Crippen LogP contribution in [0.5, 0.6) is 0 Å². The van der Waals surface area contributed by atoms with Crippen molar-refractivity contribution >= 4 is 5.91 Å². The van der Waals surface area contributed by atoms with Gasteiger partial charge in [0.1, 0.15) is 0 Å². The predicted octanol–water partition coefficient (Wildman–Crippen LogP) is 2.77. The summed E-state index contributed by atoms with van der Waals surface area (Å²) in [6.45, 7) is 5.15. The van der Waals surface area contributed by atoms with Gasteiger partial charge in [-0.3, -0.25) is 9.69 Å². The molecule has 4 heteroatoms. The second-order valence-electron chi connectivity index (χ2n) is 7.72. The molecule has 24 heavy (non-hydrogen) atoms. The minimum Gasteiger partial charge on any atom is -0.389 e. The van der Waals surface area contributed by atoms with Crippen molar-refractivity contribution in [3.05, 3.63) is 35.4 Å². The molecule has 0 spiro atoms. The summed E-state index contributed by atoms with van der Waals surface area (Å²) in [5, 5.41) is 13.5. The van der Waals surface area contributed by atoms with E-state index in [9.17, 15) is 9.90 Å². The highest BCUT2D eigenvalue weighted by molar-refractivity contribution is 5.77. The first-order valence-corrected chi connectivity index (χ1v) is 9.32. The first-order valence-electron chi connectivity index (χ1n) is 9.32. The first-order chi connectivity index (χ1) is 11.5. The van der Waals surface area contributed by atoms with Gasteiger partial charge in [0.05, 0.1) is 12.0 Å². The topological polar surface area (TPSA) is 52.6 Å². The number of hydrogen-bond donors (Lipinski definition) is 2. The lowest BCUT2D eigenvalue weighted by molar-refractivity contribution is -0.126. The maximum atomic E-state index is 12.2. The zero-order valence-corrected chi connectivity index (χ0v) is 14.8. The summed E-state index contributed by atoms with van der Waals surface area (Å²) in [5.41, 5.74) is 1.93. The molecule has 0 atom stereocenters. The summed E-state index contributed by atoms with van der Waals surface area (Å²) >= 11 is 0. The van der Waals surface area contributed by atoms with Crippen molar-refractivity contribution in [1.29, 1.82) is 0 Å². The molecule has 1 saturated carbocycles. The van der Waals surface area contributed by atoms with E-state index in [1.807, 2.05) is 0 Å². The zero-order chi connectivity index (χ0) is 17.0. The molecule has 0 aromatic heterocycles. The summed E-state index contributed by atoms with van der Waals surface area (Å²) < 4.78 is 0. The number of hydrogen-bond acceptors (Lipinski definition) is 3. The molecule has 0 radical (unpaired) electrons. The number of benzene rings is 1. The number of piperidine rings is 1. The normalized spacial score (nSPS) is 21.8.